The van der Waals surface area contributed by atoms with Crippen LogP contribution in [-0.4, -0.2) is 25.3 Å². The molecule has 1 atom stereocenters. The molecule has 0 aromatic carbocycles. The largest absolute Gasteiger partial charge is 0.462 e. The monoisotopic (exact) mass is 250 g/mol. The van der Waals surface area contributed by atoms with Crippen molar-refractivity contribution < 1.29 is 18.7 Å². The summed E-state index contributed by atoms with van der Waals surface area (Å²) in [6.45, 7) is 2.96. The van der Waals surface area contributed by atoms with Crippen molar-refractivity contribution in [1.82, 2.24) is 0 Å². The van der Waals surface area contributed by atoms with E-state index in [0.29, 0.717) is 12.4 Å². The minimum atomic E-state index is -0.363. The Labute approximate surface area is 107 Å². The van der Waals surface area contributed by atoms with Gasteiger partial charge < -0.3 is 13.9 Å². The molecule has 1 aromatic heterocycles. The van der Waals surface area contributed by atoms with Crippen molar-refractivity contribution >= 4 is 12.0 Å². The van der Waals surface area contributed by atoms with Gasteiger partial charge in [-0.15, -0.1) is 0 Å². The highest BCUT2D eigenvalue weighted by atomic mass is 16.6. The van der Waals surface area contributed by atoms with Crippen LogP contribution in [0.4, 0.5) is 0 Å². The Morgan fingerprint density at radius 3 is 3.06 bits per heavy atom. The van der Waals surface area contributed by atoms with E-state index in [2.05, 4.69) is 0 Å². The molecule has 2 heterocycles. The zero-order valence-electron chi connectivity index (χ0n) is 10.6. The van der Waals surface area contributed by atoms with Crippen molar-refractivity contribution in [3.8, 4) is 0 Å². The Morgan fingerprint density at radius 2 is 2.39 bits per heavy atom. The average molecular weight is 250 g/mol. The van der Waals surface area contributed by atoms with Gasteiger partial charge in [-0.25, -0.2) is 4.79 Å². The molecule has 98 valence electrons. The van der Waals surface area contributed by atoms with Crippen LogP contribution in [0, 0.1) is 6.92 Å². The summed E-state index contributed by atoms with van der Waals surface area (Å²) in [7, 11) is 0. The van der Waals surface area contributed by atoms with E-state index in [9.17, 15) is 4.79 Å². The summed E-state index contributed by atoms with van der Waals surface area (Å²) < 4.78 is 15.9. The molecule has 1 aliphatic rings. The van der Waals surface area contributed by atoms with Crippen molar-refractivity contribution in [3.05, 3.63) is 29.7 Å². The van der Waals surface area contributed by atoms with E-state index in [0.717, 1.165) is 31.6 Å². The Hall–Kier alpha value is -1.55. The number of carbonyl (C=O) groups is 1. The number of aryl methyl sites for hydroxylation is 1. The fourth-order valence-electron chi connectivity index (χ4n) is 1.86. The maximum Gasteiger partial charge on any atom is 0.330 e. The molecule has 1 unspecified atom stereocenters. The summed E-state index contributed by atoms with van der Waals surface area (Å²) in [6.07, 6.45) is 6.25. The van der Waals surface area contributed by atoms with E-state index in [-0.39, 0.29) is 12.1 Å². The Morgan fingerprint density at radius 1 is 1.50 bits per heavy atom. The third-order valence-electron chi connectivity index (χ3n) is 2.83. The molecule has 0 radical (unpaired) electrons. The molecule has 0 N–H and O–H groups in total. The highest BCUT2D eigenvalue weighted by Gasteiger charge is 2.15. The van der Waals surface area contributed by atoms with Crippen LogP contribution in [0.3, 0.4) is 0 Å². The van der Waals surface area contributed by atoms with Gasteiger partial charge in [-0.05, 0) is 44.4 Å². The minimum Gasteiger partial charge on any atom is -0.462 e. The van der Waals surface area contributed by atoms with Crippen LogP contribution in [0.1, 0.15) is 30.8 Å². The van der Waals surface area contributed by atoms with E-state index >= 15 is 0 Å². The fourth-order valence-corrected chi connectivity index (χ4v) is 1.86. The normalized spacial score (nSPS) is 20.2. The summed E-state index contributed by atoms with van der Waals surface area (Å²) in [4.78, 5) is 11.5. The van der Waals surface area contributed by atoms with E-state index < -0.39 is 0 Å². The summed E-state index contributed by atoms with van der Waals surface area (Å²) in [6, 6.07) is 3.66. The molecule has 0 saturated carbocycles. The SMILES string of the molecule is Cc1ccc(/C=C/C(=O)OCC2CCCCO2)o1. The first-order valence-electron chi connectivity index (χ1n) is 6.27. The summed E-state index contributed by atoms with van der Waals surface area (Å²) in [5, 5.41) is 0. The van der Waals surface area contributed by atoms with Crippen molar-refractivity contribution in [2.45, 2.75) is 32.3 Å². The molecule has 4 heteroatoms. The first-order chi connectivity index (χ1) is 8.74. The minimum absolute atomic E-state index is 0.0574. The molecule has 1 aromatic rings. The van der Waals surface area contributed by atoms with Gasteiger partial charge in [0.05, 0.1) is 6.10 Å². The number of hydrogen-bond donors (Lipinski definition) is 0. The van der Waals surface area contributed by atoms with Crippen LogP contribution >= 0.6 is 0 Å². The Balaban J connectivity index is 1.73. The molecule has 1 saturated heterocycles. The van der Waals surface area contributed by atoms with E-state index in [1.165, 1.54) is 6.08 Å². The number of rotatable bonds is 4. The number of furan rings is 1. The third kappa shape index (κ3) is 4.04. The van der Waals surface area contributed by atoms with E-state index in [4.69, 9.17) is 13.9 Å². The fraction of sp³-hybridized carbons (Fsp3) is 0.500. The molecular weight excluding hydrogens is 232 g/mol. The first kappa shape index (κ1) is 12.9. The van der Waals surface area contributed by atoms with Gasteiger partial charge in [-0.1, -0.05) is 0 Å². The second kappa shape index (κ2) is 6.40. The third-order valence-corrected chi connectivity index (χ3v) is 2.83. The van der Waals surface area contributed by atoms with Gasteiger partial charge in [0.1, 0.15) is 18.1 Å². The van der Waals surface area contributed by atoms with E-state index in [1.807, 2.05) is 19.1 Å². The molecule has 0 spiro atoms. The summed E-state index contributed by atoms with van der Waals surface area (Å²) >= 11 is 0. The van der Waals surface area contributed by atoms with Gasteiger partial charge in [0.2, 0.25) is 0 Å². The molecule has 2 rings (SSSR count). The van der Waals surface area contributed by atoms with Crippen molar-refractivity contribution in [2.24, 2.45) is 0 Å². The molecule has 4 nitrogen and oxygen atoms in total. The lowest BCUT2D eigenvalue weighted by Gasteiger charge is -2.21. The van der Waals surface area contributed by atoms with Crippen molar-refractivity contribution in [1.29, 1.82) is 0 Å². The van der Waals surface area contributed by atoms with Crippen LogP contribution in [-0.2, 0) is 14.3 Å². The van der Waals surface area contributed by atoms with Crippen LogP contribution in [0.2, 0.25) is 0 Å². The zero-order chi connectivity index (χ0) is 12.8. The van der Waals surface area contributed by atoms with Gasteiger partial charge in [0, 0.05) is 12.7 Å². The summed E-state index contributed by atoms with van der Waals surface area (Å²) in [5.74, 6) is 1.11. The molecular formula is C14H18O4. The molecule has 0 aliphatic carbocycles. The number of carbonyl (C=O) groups excluding carboxylic acids is 1. The van der Waals surface area contributed by atoms with E-state index in [1.54, 1.807) is 6.08 Å². The van der Waals surface area contributed by atoms with Crippen molar-refractivity contribution in [2.75, 3.05) is 13.2 Å². The standard InChI is InChI=1S/C14H18O4/c1-11-5-6-12(18-11)7-8-14(15)17-10-13-4-2-3-9-16-13/h5-8,13H,2-4,9-10H2,1H3/b8-7+. The van der Waals surface area contributed by atoms with Gasteiger partial charge in [-0.2, -0.15) is 0 Å². The van der Waals surface area contributed by atoms with Crippen LogP contribution in [0.25, 0.3) is 6.08 Å². The second-order valence-corrected chi connectivity index (χ2v) is 4.40. The Kier molecular flexibility index (Phi) is 4.59. The lowest BCUT2D eigenvalue weighted by Crippen LogP contribution is -2.25. The highest BCUT2D eigenvalue weighted by Crippen LogP contribution is 2.13. The quantitative estimate of drug-likeness (QED) is 0.609. The number of hydrogen-bond acceptors (Lipinski definition) is 4. The molecule has 18 heavy (non-hydrogen) atoms. The Bertz CT molecular complexity index is 413. The van der Waals surface area contributed by atoms with Gasteiger partial charge >= 0.3 is 5.97 Å². The first-order valence-corrected chi connectivity index (χ1v) is 6.27. The van der Waals surface area contributed by atoms with Crippen molar-refractivity contribution in [3.63, 3.8) is 0 Å². The van der Waals surface area contributed by atoms with Crippen LogP contribution < -0.4 is 0 Å². The van der Waals surface area contributed by atoms with Gasteiger partial charge in [-0.3, -0.25) is 0 Å². The van der Waals surface area contributed by atoms with Crippen LogP contribution in [0.15, 0.2) is 22.6 Å². The maximum absolute atomic E-state index is 11.5. The molecule has 1 fully saturated rings. The number of esters is 1. The predicted molar refractivity (Wildman–Crippen MR) is 67.0 cm³/mol. The second-order valence-electron chi connectivity index (χ2n) is 4.40. The molecule has 1 aliphatic heterocycles. The molecule has 0 amide bonds. The molecule has 0 bridgehead atoms. The topological polar surface area (TPSA) is 48.7 Å². The lowest BCUT2D eigenvalue weighted by molar-refractivity contribution is -0.143. The average Bonchev–Trinajstić information content (AvgIpc) is 2.81. The summed E-state index contributed by atoms with van der Waals surface area (Å²) in [5.41, 5.74) is 0. The smallest absolute Gasteiger partial charge is 0.330 e. The maximum atomic E-state index is 11.5. The number of ether oxygens (including phenoxy) is 2. The van der Waals surface area contributed by atoms with Gasteiger partial charge in [0.15, 0.2) is 0 Å². The predicted octanol–water partition coefficient (Wildman–Crippen LogP) is 2.71. The highest BCUT2D eigenvalue weighted by molar-refractivity contribution is 5.86. The zero-order valence-corrected chi connectivity index (χ0v) is 10.6. The van der Waals surface area contributed by atoms with Crippen LogP contribution in [0.5, 0.6) is 0 Å². The lowest BCUT2D eigenvalue weighted by atomic mass is 10.1. The van der Waals surface area contributed by atoms with Gasteiger partial charge in [0.25, 0.3) is 0 Å².